The van der Waals surface area contributed by atoms with Gasteiger partial charge in [0, 0.05) is 25.1 Å². The number of aromatic hydroxyl groups is 1. The highest BCUT2D eigenvalue weighted by atomic mass is 16.3. The van der Waals surface area contributed by atoms with Crippen LogP contribution < -0.4 is 0 Å². The highest BCUT2D eigenvalue weighted by molar-refractivity contribution is 5.93. The molecule has 0 atom stereocenters. The minimum absolute atomic E-state index is 0.183. The summed E-state index contributed by atoms with van der Waals surface area (Å²) in [6.45, 7) is 0.313. The molecular formula is C20H20N4O2. The number of hydrogen-bond donors (Lipinski definition) is 1. The van der Waals surface area contributed by atoms with Crippen molar-refractivity contribution in [3.05, 3.63) is 71.5 Å². The second kappa shape index (κ2) is 6.63. The average Bonchev–Trinajstić information content (AvgIpc) is 3.41. The largest absolute Gasteiger partial charge is 0.508 e. The molecule has 1 aromatic heterocycles. The number of aromatic nitrogens is 3. The number of carbonyl (C=O) groups excluding carboxylic acids is 1. The standard InChI is InChI=1S/C20H20N4O2/c1-23(13-15-7-5-6-10-17(15)25)20(26)18-19(14-11-12-14)24(22-21-18)16-8-3-2-4-9-16/h2-10,14,25H,11-13H2,1H3. The molecule has 0 unspecified atom stereocenters. The van der Waals surface area contributed by atoms with E-state index in [4.69, 9.17) is 0 Å². The molecular weight excluding hydrogens is 328 g/mol. The number of phenolic OH excluding ortho intramolecular Hbond substituents is 1. The van der Waals surface area contributed by atoms with E-state index >= 15 is 0 Å². The van der Waals surface area contributed by atoms with E-state index in [0.29, 0.717) is 23.7 Å². The molecule has 6 heteroatoms. The van der Waals surface area contributed by atoms with E-state index in [0.717, 1.165) is 24.2 Å². The monoisotopic (exact) mass is 348 g/mol. The molecule has 1 aliphatic rings. The van der Waals surface area contributed by atoms with Crippen molar-refractivity contribution in [2.45, 2.75) is 25.3 Å². The predicted molar refractivity (Wildman–Crippen MR) is 97.2 cm³/mol. The number of amides is 1. The van der Waals surface area contributed by atoms with E-state index in [-0.39, 0.29) is 11.7 Å². The van der Waals surface area contributed by atoms with Gasteiger partial charge >= 0.3 is 0 Å². The lowest BCUT2D eigenvalue weighted by Gasteiger charge is -2.17. The summed E-state index contributed by atoms with van der Waals surface area (Å²) in [5.41, 5.74) is 2.88. The predicted octanol–water partition coefficient (Wildman–Crippen LogP) is 3.12. The van der Waals surface area contributed by atoms with E-state index in [1.807, 2.05) is 42.5 Å². The van der Waals surface area contributed by atoms with Gasteiger partial charge in [-0.1, -0.05) is 41.6 Å². The lowest BCUT2D eigenvalue weighted by Crippen LogP contribution is -2.27. The van der Waals surface area contributed by atoms with Crippen molar-refractivity contribution in [2.75, 3.05) is 7.05 Å². The lowest BCUT2D eigenvalue weighted by molar-refractivity contribution is 0.0777. The van der Waals surface area contributed by atoms with Crippen molar-refractivity contribution in [1.29, 1.82) is 0 Å². The highest BCUT2D eigenvalue weighted by Gasteiger charge is 2.35. The summed E-state index contributed by atoms with van der Waals surface area (Å²) in [5.74, 6) is 0.322. The molecule has 2 aromatic carbocycles. The van der Waals surface area contributed by atoms with Crippen LogP contribution in [0.25, 0.3) is 5.69 Å². The number of benzene rings is 2. The van der Waals surface area contributed by atoms with Crippen LogP contribution in [0.5, 0.6) is 5.75 Å². The van der Waals surface area contributed by atoms with Gasteiger partial charge in [0.1, 0.15) is 5.75 Å². The van der Waals surface area contributed by atoms with Crippen LogP contribution in [0.4, 0.5) is 0 Å². The number of hydrogen-bond acceptors (Lipinski definition) is 4. The number of carbonyl (C=O) groups is 1. The first kappa shape index (κ1) is 16.3. The summed E-state index contributed by atoms with van der Waals surface area (Å²) < 4.78 is 1.78. The first-order valence-electron chi connectivity index (χ1n) is 8.68. The number of nitrogens with zero attached hydrogens (tertiary/aromatic N) is 4. The molecule has 1 saturated carbocycles. The van der Waals surface area contributed by atoms with E-state index in [1.54, 1.807) is 28.8 Å². The van der Waals surface area contributed by atoms with Crippen LogP contribution in [-0.4, -0.2) is 38.0 Å². The maximum atomic E-state index is 13.0. The van der Waals surface area contributed by atoms with Gasteiger partial charge in [-0.15, -0.1) is 5.10 Å². The molecule has 0 bridgehead atoms. The Bertz CT molecular complexity index is 932. The van der Waals surface area contributed by atoms with Gasteiger partial charge < -0.3 is 10.0 Å². The Morgan fingerprint density at radius 2 is 1.85 bits per heavy atom. The van der Waals surface area contributed by atoms with Crippen LogP contribution in [0.3, 0.4) is 0 Å². The fraction of sp³-hybridized carbons (Fsp3) is 0.250. The van der Waals surface area contributed by atoms with E-state index < -0.39 is 0 Å². The van der Waals surface area contributed by atoms with Gasteiger partial charge in [0.2, 0.25) is 0 Å². The molecule has 3 aromatic rings. The first-order chi connectivity index (χ1) is 12.6. The van der Waals surface area contributed by atoms with Gasteiger partial charge in [0.25, 0.3) is 5.91 Å². The number of phenols is 1. The number of para-hydroxylation sites is 2. The summed E-state index contributed by atoms with van der Waals surface area (Å²) in [7, 11) is 1.72. The summed E-state index contributed by atoms with van der Waals surface area (Å²) in [5, 5.41) is 18.4. The van der Waals surface area contributed by atoms with Crippen molar-refractivity contribution in [3.8, 4) is 11.4 Å². The maximum absolute atomic E-state index is 13.0. The smallest absolute Gasteiger partial charge is 0.276 e. The summed E-state index contributed by atoms with van der Waals surface area (Å²) >= 11 is 0. The molecule has 4 rings (SSSR count). The molecule has 132 valence electrons. The zero-order valence-corrected chi connectivity index (χ0v) is 14.5. The van der Waals surface area contributed by atoms with Crippen molar-refractivity contribution in [3.63, 3.8) is 0 Å². The maximum Gasteiger partial charge on any atom is 0.276 e. The third kappa shape index (κ3) is 3.06. The molecule has 1 fully saturated rings. The molecule has 1 amide bonds. The van der Waals surface area contributed by atoms with Gasteiger partial charge in [-0.3, -0.25) is 4.79 Å². The fourth-order valence-corrected chi connectivity index (χ4v) is 3.08. The molecule has 0 saturated heterocycles. The van der Waals surface area contributed by atoms with Crippen LogP contribution in [0.15, 0.2) is 54.6 Å². The normalized spacial score (nSPS) is 13.6. The van der Waals surface area contributed by atoms with E-state index in [9.17, 15) is 9.90 Å². The van der Waals surface area contributed by atoms with Gasteiger partial charge in [-0.25, -0.2) is 4.68 Å². The third-order valence-electron chi connectivity index (χ3n) is 4.62. The summed E-state index contributed by atoms with van der Waals surface area (Å²) in [4.78, 5) is 14.6. The second-order valence-corrected chi connectivity index (χ2v) is 6.63. The van der Waals surface area contributed by atoms with Crippen LogP contribution in [-0.2, 0) is 6.54 Å². The average molecular weight is 348 g/mol. The molecule has 0 spiro atoms. The molecule has 1 aliphatic carbocycles. The van der Waals surface area contributed by atoms with Crippen LogP contribution >= 0.6 is 0 Å². The molecule has 0 aliphatic heterocycles. The molecule has 1 N–H and O–H groups in total. The Labute approximate surface area is 151 Å². The Morgan fingerprint density at radius 1 is 1.15 bits per heavy atom. The van der Waals surface area contributed by atoms with Crippen LogP contribution in [0, 0.1) is 0 Å². The molecule has 0 radical (unpaired) electrons. The Kier molecular flexibility index (Phi) is 4.16. The van der Waals surface area contributed by atoms with Gasteiger partial charge in [-0.05, 0) is 31.0 Å². The quantitative estimate of drug-likeness (QED) is 0.769. The molecule has 26 heavy (non-hydrogen) atoms. The zero-order valence-electron chi connectivity index (χ0n) is 14.5. The topological polar surface area (TPSA) is 71.2 Å². The Morgan fingerprint density at radius 3 is 2.54 bits per heavy atom. The Hall–Kier alpha value is -3.15. The summed E-state index contributed by atoms with van der Waals surface area (Å²) in [6, 6.07) is 16.8. The first-order valence-corrected chi connectivity index (χ1v) is 8.68. The lowest BCUT2D eigenvalue weighted by atomic mass is 10.1. The van der Waals surface area contributed by atoms with Crippen molar-refractivity contribution in [1.82, 2.24) is 19.9 Å². The fourth-order valence-electron chi connectivity index (χ4n) is 3.08. The second-order valence-electron chi connectivity index (χ2n) is 6.63. The van der Waals surface area contributed by atoms with Crippen molar-refractivity contribution >= 4 is 5.91 Å². The van der Waals surface area contributed by atoms with Gasteiger partial charge in [0.05, 0.1) is 11.4 Å². The Balaban J connectivity index is 1.64. The van der Waals surface area contributed by atoms with E-state index in [1.165, 1.54) is 0 Å². The summed E-state index contributed by atoms with van der Waals surface area (Å²) in [6.07, 6.45) is 2.09. The van der Waals surface area contributed by atoms with Crippen molar-refractivity contribution < 1.29 is 9.90 Å². The zero-order chi connectivity index (χ0) is 18.1. The minimum Gasteiger partial charge on any atom is -0.508 e. The van der Waals surface area contributed by atoms with E-state index in [2.05, 4.69) is 10.3 Å². The van der Waals surface area contributed by atoms with Crippen LogP contribution in [0.2, 0.25) is 0 Å². The third-order valence-corrected chi connectivity index (χ3v) is 4.62. The molecule has 6 nitrogen and oxygen atoms in total. The van der Waals surface area contributed by atoms with Crippen LogP contribution in [0.1, 0.15) is 40.5 Å². The number of rotatable bonds is 5. The van der Waals surface area contributed by atoms with Gasteiger partial charge in [0.15, 0.2) is 5.69 Å². The minimum atomic E-state index is -0.183. The molecule has 1 heterocycles. The SMILES string of the molecule is CN(Cc1ccccc1O)C(=O)c1nnn(-c2ccccc2)c1C1CC1. The highest BCUT2D eigenvalue weighted by Crippen LogP contribution is 2.42. The van der Waals surface area contributed by atoms with Crippen molar-refractivity contribution in [2.24, 2.45) is 0 Å². The van der Waals surface area contributed by atoms with Gasteiger partial charge in [-0.2, -0.15) is 0 Å².